The van der Waals surface area contributed by atoms with Gasteiger partial charge < -0.3 is 18.3 Å². The van der Waals surface area contributed by atoms with E-state index in [1.807, 2.05) is 6.07 Å². The predicted molar refractivity (Wildman–Crippen MR) is 139 cm³/mol. The zero-order valence-corrected chi connectivity index (χ0v) is 24.3. The summed E-state index contributed by atoms with van der Waals surface area (Å²) in [6.07, 6.45) is 1.75. The molecule has 0 aromatic heterocycles. The van der Waals surface area contributed by atoms with Crippen molar-refractivity contribution in [2.75, 3.05) is 19.8 Å². The third kappa shape index (κ3) is 7.50. The van der Waals surface area contributed by atoms with Gasteiger partial charge in [0.1, 0.15) is 6.10 Å². The van der Waals surface area contributed by atoms with E-state index in [0.717, 1.165) is 19.4 Å². The van der Waals surface area contributed by atoms with Gasteiger partial charge in [-0.05, 0) is 54.7 Å². The van der Waals surface area contributed by atoms with Crippen LogP contribution in [0.25, 0.3) is 0 Å². The maximum absolute atomic E-state index is 6.60. The third-order valence-electron chi connectivity index (χ3n) is 7.73. The van der Waals surface area contributed by atoms with Crippen LogP contribution in [0.15, 0.2) is 30.3 Å². The molecule has 2 rings (SSSR count). The quantitative estimate of drug-likeness (QED) is 0.347. The molecule has 4 nitrogen and oxygen atoms in total. The van der Waals surface area contributed by atoms with E-state index in [0.29, 0.717) is 13.2 Å². The summed E-state index contributed by atoms with van der Waals surface area (Å²) in [5.74, 6) is 0. The molecule has 1 aliphatic rings. The molecular formula is C26H48O4Si2. The Morgan fingerprint density at radius 2 is 1.25 bits per heavy atom. The van der Waals surface area contributed by atoms with E-state index in [1.54, 1.807) is 0 Å². The van der Waals surface area contributed by atoms with E-state index in [4.69, 9.17) is 18.3 Å². The smallest absolute Gasteiger partial charge is 0.191 e. The van der Waals surface area contributed by atoms with Crippen molar-refractivity contribution in [1.82, 2.24) is 0 Å². The van der Waals surface area contributed by atoms with Crippen molar-refractivity contribution in [2.45, 2.75) is 109 Å². The van der Waals surface area contributed by atoms with Crippen LogP contribution >= 0.6 is 0 Å². The number of rotatable bonds is 9. The largest absolute Gasteiger partial charge is 0.417 e. The molecule has 0 radical (unpaired) electrons. The zero-order chi connectivity index (χ0) is 24.2. The topological polar surface area (TPSA) is 36.9 Å². The fraction of sp³-hybridized carbons (Fsp3) is 0.769. The van der Waals surface area contributed by atoms with Crippen molar-refractivity contribution < 1.29 is 18.3 Å². The van der Waals surface area contributed by atoms with Crippen LogP contribution in [-0.4, -0.2) is 48.7 Å². The van der Waals surface area contributed by atoms with Crippen LogP contribution in [0.5, 0.6) is 0 Å². The summed E-state index contributed by atoms with van der Waals surface area (Å²) in [5, 5.41) is 0.422. The lowest BCUT2D eigenvalue weighted by atomic mass is 10.0. The highest BCUT2D eigenvalue weighted by atomic mass is 28.4. The van der Waals surface area contributed by atoms with Gasteiger partial charge in [0.05, 0.1) is 18.8 Å². The fourth-order valence-electron chi connectivity index (χ4n) is 3.32. The monoisotopic (exact) mass is 480 g/mol. The van der Waals surface area contributed by atoms with Crippen molar-refractivity contribution in [3.8, 4) is 0 Å². The van der Waals surface area contributed by atoms with E-state index < -0.39 is 16.6 Å². The molecular weight excluding hydrogens is 432 g/mol. The van der Waals surface area contributed by atoms with E-state index in [9.17, 15) is 0 Å². The van der Waals surface area contributed by atoms with Gasteiger partial charge in [0, 0.05) is 13.2 Å². The number of hydrogen-bond donors (Lipinski definition) is 0. The third-order valence-corrected chi connectivity index (χ3v) is 16.8. The highest BCUT2D eigenvalue weighted by Crippen LogP contribution is 2.38. The van der Waals surface area contributed by atoms with Gasteiger partial charge in [0.25, 0.3) is 0 Å². The van der Waals surface area contributed by atoms with E-state index >= 15 is 0 Å². The number of ether oxygens (including phenoxy) is 2. The average molecular weight is 481 g/mol. The first-order valence-electron chi connectivity index (χ1n) is 12.2. The summed E-state index contributed by atoms with van der Waals surface area (Å²) in [7, 11) is -3.54. The highest BCUT2D eigenvalue weighted by Gasteiger charge is 2.40. The molecule has 1 aromatic rings. The molecule has 1 aromatic carbocycles. The van der Waals surface area contributed by atoms with Gasteiger partial charge in [-0.3, -0.25) is 0 Å². The summed E-state index contributed by atoms with van der Waals surface area (Å²) >= 11 is 0. The summed E-state index contributed by atoms with van der Waals surface area (Å²) in [4.78, 5) is 0. The molecule has 1 aliphatic heterocycles. The maximum Gasteiger partial charge on any atom is 0.191 e. The first kappa shape index (κ1) is 27.7. The molecule has 0 N–H and O–H groups in total. The van der Waals surface area contributed by atoms with Crippen molar-refractivity contribution in [3.63, 3.8) is 0 Å². The Labute approximate surface area is 199 Å². The lowest BCUT2D eigenvalue weighted by Gasteiger charge is -2.40. The minimum atomic E-state index is -1.78. The average Bonchev–Trinajstić information content (AvgIpc) is 2.67. The van der Waals surface area contributed by atoms with Gasteiger partial charge >= 0.3 is 0 Å². The van der Waals surface area contributed by atoms with Crippen LogP contribution in [0.1, 0.15) is 66.1 Å². The Bertz CT molecular complexity index is 692. The number of hydrogen-bond acceptors (Lipinski definition) is 4. The van der Waals surface area contributed by atoms with Crippen molar-refractivity contribution in [2.24, 2.45) is 0 Å². The van der Waals surface area contributed by atoms with E-state index in [1.165, 1.54) is 5.56 Å². The van der Waals surface area contributed by atoms with Crippen LogP contribution in [0, 0.1) is 0 Å². The molecule has 32 heavy (non-hydrogen) atoms. The highest BCUT2D eigenvalue weighted by molar-refractivity contribution is 6.74. The van der Waals surface area contributed by atoms with Crippen LogP contribution < -0.4 is 0 Å². The zero-order valence-electron chi connectivity index (χ0n) is 22.3. The van der Waals surface area contributed by atoms with Crippen LogP contribution in [0.2, 0.25) is 36.3 Å². The van der Waals surface area contributed by atoms with Gasteiger partial charge in [0.15, 0.2) is 16.6 Å². The van der Waals surface area contributed by atoms with Crippen LogP contribution in [-0.2, 0) is 18.3 Å². The molecule has 3 atom stereocenters. The molecule has 0 bridgehead atoms. The summed E-state index contributed by atoms with van der Waals surface area (Å²) < 4.78 is 25.9. The van der Waals surface area contributed by atoms with Gasteiger partial charge in [-0.15, -0.1) is 0 Å². The molecule has 6 heteroatoms. The Morgan fingerprint density at radius 3 is 1.72 bits per heavy atom. The first-order chi connectivity index (χ1) is 14.6. The van der Waals surface area contributed by atoms with Crippen LogP contribution in [0.4, 0.5) is 0 Å². The first-order valence-corrected chi connectivity index (χ1v) is 18.1. The van der Waals surface area contributed by atoms with Gasteiger partial charge in [0.2, 0.25) is 0 Å². The summed E-state index contributed by atoms with van der Waals surface area (Å²) in [5.41, 5.74) is 1.18. The van der Waals surface area contributed by atoms with E-state index in [2.05, 4.69) is 92.0 Å². The lowest BCUT2D eigenvalue weighted by Crippen LogP contribution is -2.45. The fourth-order valence-corrected chi connectivity index (χ4v) is 5.44. The Morgan fingerprint density at radius 1 is 0.781 bits per heavy atom. The summed E-state index contributed by atoms with van der Waals surface area (Å²) in [6.45, 7) is 25.0. The molecule has 184 valence electrons. The molecule has 0 amide bonds. The lowest BCUT2D eigenvalue weighted by molar-refractivity contribution is -0.189. The normalized spacial score (nSPS) is 23.4. The molecule has 0 aliphatic carbocycles. The van der Waals surface area contributed by atoms with Crippen molar-refractivity contribution >= 4 is 16.6 Å². The molecule has 1 fully saturated rings. The Hall–Kier alpha value is -0.506. The molecule has 0 unspecified atom stereocenters. The molecule has 1 saturated heterocycles. The second kappa shape index (κ2) is 10.8. The molecule has 0 spiro atoms. The van der Waals surface area contributed by atoms with Crippen LogP contribution in [0.3, 0.4) is 0 Å². The molecule has 0 saturated carbocycles. The van der Waals surface area contributed by atoms with Gasteiger partial charge in [-0.25, -0.2) is 0 Å². The summed E-state index contributed by atoms with van der Waals surface area (Å²) in [6, 6.07) is 10.4. The van der Waals surface area contributed by atoms with Gasteiger partial charge in [-0.1, -0.05) is 71.9 Å². The Kier molecular flexibility index (Phi) is 9.39. The predicted octanol–water partition coefficient (Wildman–Crippen LogP) is 7.34. The second-order valence-corrected chi connectivity index (χ2v) is 21.9. The second-order valence-electron chi connectivity index (χ2n) is 12.2. The van der Waals surface area contributed by atoms with Crippen molar-refractivity contribution in [1.29, 1.82) is 0 Å². The Balaban J connectivity index is 2.01. The standard InChI is InChI=1S/C26H48O4Si2/c1-25(2,3)31(7,8)28-18-16-22-23(17-19-29-32(9,10)26(4,5)6)30-24(20-27-22)21-14-12-11-13-15-21/h11-15,22-24H,16-20H2,1-10H3/t22-,23-,24-/m1/s1. The minimum absolute atomic E-state index is 0.0155. The number of benzene rings is 1. The SMILES string of the molecule is CC(C)(C)[Si](C)(C)OCC[C@H]1OC[C@H](c2ccccc2)O[C@@H]1CCO[Si](C)(C)C(C)(C)C. The van der Waals surface area contributed by atoms with Gasteiger partial charge in [-0.2, -0.15) is 0 Å². The van der Waals surface area contributed by atoms with Crippen molar-refractivity contribution in [3.05, 3.63) is 35.9 Å². The maximum atomic E-state index is 6.60. The minimum Gasteiger partial charge on any atom is -0.417 e. The molecule has 1 heterocycles. The van der Waals surface area contributed by atoms with E-state index in [-0.39, 0.29) is 28.4 Å².